The van der Waals surface area contributed by atoms with Crippen LogP contribution in [0.3, 0.4) is 0 Å². The van der Waals surface area contributed by atoms with Crippen LogP contribution < -0.4 is 16.4 Å². The SMILES string of the molecule is Cc1cc2c(C(N)=O)cccc2n1-c1nc(NCc2ccccc2)c2ccc(C3CCCN3)n2n1. The van der Waals surface area contributed by atoms with E-state index in [0.29, 0.717) is 18.1 Å². The minimum Gasteiger partial charge on any atom is -0.366 e. The van der Waals surface area contributed by atoms with Crippen LogP contribution in [0.2, 0.25) is 0 Å². The molecular formula is C27H27N7O. The average Bonchev–Trinajstić information content (AvgIpc) is 3.60. The van der Waals surface area contributed by atoms with Gasteiger partial charge in [0, 0.05) is 29.2 Å². The number of primary amides is 1. The first-order chi connectivity index (χ1) is 17.1. The lowest BCUT2D eigenvalue weighted by atomic mass is 10.1. The number of hydrogen-bond donors (Lipinski definition) is 3. The maximum Gasteiger partial charge on any atom is 0.254 e. The highest BCUT2D eigenvalue weighted by atomic mass is 16.1. The molecule has 1 unspecified atom stereocenters. The Morgan fingerprint density at radius 2 is 1.97 bits per heavy atom. The van der Waals surface area contributed by atoms with Gasteiger partial charge in [-0.2, -0.15) is 4.98 Å². The van der Waals surface area contributed by atoms with Gasteiger partial charge in [-0.15, -0.1) is 5.10 Å². The normalized spacial score (nSPS) is 15.7. The number of carbonyl (C=O) groups excluding carboxylic acids is 1. The standard InChI is InChI=1S/C27H27N7O/c1-17-15-20-19(25(28)35)9-5-11-22(20)33(17)27-31-26(30-16-18-7-3-2-4-8-18)24-13-12-23(34(24)32-27)21-10-6-14-29-21/h2-5,7-9,11-13,15,21,29H,6,10,14,16H2,1H3,(H2,28,35)(H,30,31,32). The van der Waals surface area contributed by atoms with Crippen LogP contribution in [-0.2, 0) is 6.54 Å². The molecule has 0 aliphatic carbocycles. The van der Waals surface area contributed by atoms with E-state index in [1.54, 1.807) is 6.07 Å². The molecule has 0 spiro atoms. The Morgan fingerprint density at radius 1 is 1.11 bits per heavy atom. The molecule has 0 radical (unpaired) electrons. The van der Waals surface area contributed by atoms with Crippen LogP contribution in [0.5, 0.6) is 0 Å². The number of nitrogens with one attached hydrogen (secondary N) is 2. The summed E-state index contributed by atoms with van der Waals surface area (Å²) in [6, 6.07) is 22.3. The molecule has 5 aromatic rings. The van der Waals surface area contributed by atoms with Crippen molar-refractivity contribution in [2.24, 2.45) is 5.73 Å². The lowest BCUT2D eigenvalue weighted by molar-refractivity contribution is 0.100. The molecule has 1 aliphatic heterocycles. The predicted octanol–water partition coefficient (Wildman–Crippen LogP) is 4.12. The van der Waals surface area contributed by atoms with Crippen molar-refractivity contribution in [3.8, 4) is 5.95 Å². The number of nitrogens with two attached hydrogens (primary N) is 1. The Hall–Kier alpha value is -4.17. The minimum atomic E-state index is -0.450. The third kappa shape index (κ3) is 3.72. The van der Waals surface area contributed by atoms with Crippen molar-refractivity contribution in [2.45, 2.75) is 32.4 Å². The van der Waals surface area contributed by atoms with Gasteiger partial charge < -0.3 is 16.4 Å². The van der Waals surface area contributed by atoms with E-state index < -0.39 is 5.91 Å². The number of amides is 1. The number of benzene rings is 2. The fourth-order valence-corrected chi connectivity index (χ4v) is 5.06. The van der Waals surface area contributed by atoms with Gasteiger partial charge in [-0.25, -0.2) is 4.52 Å². The molecule has 2 aromatic carbocycles. The number of rotatable bonds is 6. The van der Waals surface area contributed by atoms with E-state index in [9.17, 15) is 4.79 Å². The monoisotopic (exact) mass is 465 g/mol. The number of carbonyl (C=O) groups is 1. The summed E-state index contributed by atoms with van der Waals surface area (Å²) in [4.78, 5) is 17.0. The van der Waals surface area contributed by atoms with E-state index in [4.69, 9.17) is 15.8 Å². The fraction of sp³-hybridized carbons (Fsp3) is 0.222. The van der Waals surface area contributed by atoms with Crippen molar-refractivity contribution < 1.29 is 4.79 Å². The molecule has 4 N–H and O–H groups in total. The van der Waals surface area contributed by atoms with E-state index in [1.807, 2.05) is 52.4 Å². The summed E-state index contributed by atoms with van der Waals surface area (Å²) >= 11 is 0. The summed E-state index contributed by atoms with van der Waals surface area (Å²) < 4.78 is 3.99. The smallest absolute Gasteiger partial charge is 0.254 e. The van der Waals surface area contributed by atoms with Crippen LogP contribution in [0, 0.1) is 6.92 Å². The molecule has 8 nitrogen and oxygen atoms in total. The third-order valence-corrected chi connectivity index (χ3v) is 6.74. The van der Waals surface area contributed by atoms with Gasteiger partial charge in [-0.3, -0.25) is 9.36 Å². The van der Waals surface area contributed by atoms with Crippen LogP contribution in [0.25, 0.3) is 22.4 Å². The van der Waals surface area contributed by atoms with Gasteiger partial charge in [-0.1, -0.05) is 36.4 Å². The van der Waals surface area contributed by atoms with Crippen LogP contribution in [0.4, 0.5) is 5.82 Å². The Morgan fingerprint density at radius 3 is 2.74 bits per heavy atom. The Kier molecular flexibility index (Phi) is 5.22. The highest BCUT2D eigenvalue weighted by Crippen LogP contribution is 2.30. The van der Waals surface area contributed by atoms with E-state index >= 15 is 0 Å². The summed E-state index contributed by atoms with van der Waals surface area (Å²) in [5.41, 5.74) is 11.1. The summed E-state index contributed by atoms with van der Waals surface area (Å²) in [5, 5.41) is 12.9. The molecule has 176 valence electrons. The van der Waals surface area contributed by atoms with Gasteiger partial charge >= 0.3 is 0 Å². The van der Waals surface area contributed by atoms with Crippen LogP contribution >= 0.6 is 0 Å². The second kappa shape index (κ2) is 8.56. The third-order valence-electron chi connectivity index (χ3n) is 6.74. The van der Waals surface area contributed by atoms with Crippen molar-refractivity contribution in [1.29, 1.82) is 0 Å². The maximum absolute atomic E-state index is 12.0. The molecule has 1 fully saturated rings. The Balaban J connectivity index is 1.53. The van der Waals surface area contributed by atoms with Gasteiger partial charge in [0.25, 0.3) is 5.95 Å². The summed E-state index contributed by atoms with van der Waals surface area (Å²) in [7, 11) is 0. The van der Waals surface area contributed by atoms with Crippen molar-refractivity contribution in [2.75, 3.05) is 11.9 Å². The van der Waals surface area contributed by atoms with Gasteiger partial charge in [0.15, 0.2) is 5.82 Å². The van der Waals surface area contributed by atoms with E-state index in [1.165, 1.54) is 5.56 Å². The zero-order valence-electron chi connectivity index (χ0n) is 19.5. The summed E-state index contributed by atoms with van der Waals surface area (Å²) in [5.74, 6) is 0.849. The molecule has 1 atom stereocenters. The predicted molar refractivity (Wildman–Crippen MR) is 137 cm³/mol. The average molecular weight is 466 g/mol. The number of hydrogen-bond acceptors (Lipinski definition) is 5. The summed E-state index contributed by atoms with van der Waals surface area (Å²) in [6.07, 6.45) is 2.22. The highest BCUT2D eigenvalue weighted by molar-refractivity contribution is 6.06. The molecule has 4 heterocycles. The number of anilines is 1. The summed E-state index contributed by atoms with van der Waals surface area (Å²) in [6.45, 7) is 3.64. The molecule has 1 amide bonds. The van der Waals surface area contributed by atoms with Crippen LogP contribution in [0.15, 0.2) is 66.7 Å². The molecule has 0 saturated carbocycles. The van der Waals surface area contributed by atoms with E-state index in [0.717, 1.165) is 53.0 Å². The highest BCUT2D eigenvalue weighted by Gasteiger charge is 2.23. The van der Waals surface area contributed by atoms with Crippen molar-refractivity contribution in [3.63, 3.8) is 0 Å². The van der Waals surface area contributed by atoms with Crippen molar-refractivity contribution in [1.82, 2.24) is 24.5 Å². The minimum absolute atomic E-state index is 0.256. The molecule has 0 bridgehead atoms. The van der Waals surface area contributed by atoms with E-state index in [-0.39, 0.29) is 6.04 Å². The number of aromatic nitrogens is 4. The van der Waals surface area contributed by atoms with Gasteiger partial charge in [0.05, 0.1) is 11.2 Å². The first-order valence-corrected chi connectivity index (χ1v) is 11.9. The zero-order valence-corrected chi connectivity index (χ0v) is 19.5. The van der Waals surface area contributed by atoms with Gasteiger partial charge in [0.2, 0.25) is 5.91 Å². The lowest BCUT2D eigenvalue weighted by Crippen LogP contribution is -2.18. The number of fused-ring (bicyclic) bond motifs is 2. The Bertz CT molecular complexity index is 1540. The molecule has 8 heteroatoms. The van der Waals surface area contributed by atoms with E-state index in [2.05, 4.69) is 34.9 Å². The van der Waals surface area contributed by atoms with Crippen LogP contribution in [0.1, 0.15) is 46.2 Å². The zero-order chi connectivity index (χ0) is 23.9. The maximum atomic E-state index is 12.0. The molecular weight excluding hydrogens is 438 g/mol. The molecule has 1 aliphatic rings. The van der Waals surface area contributed by atoms with Gasteiger partial charge in [0.1, 0.15) is 5.52 Å². The van der Waals surface area contributed by atoms with Crippen molar-refractivity contribution in [3.05, 3.63) is 89.2 Å². The second-order valence-corrected chi connectivity index (χ2v) is 9.03. The first kappa shape index (κ1) is 21.4. The number of nitrogens with zero attached hydrogens (tertiary/aromatic N) is 4. The molecule has 35 heavy (non-hydrogen) atoms. The first-order valence-electron chi connectivity index (χ1n) is 11.9. The largest absolute Gasteiger partial charge is 0.366 e. The van der Waals surface area contributed by atoms with Crippen molar-refractivity contribution >= 4 is 28.1 Å². The van der Waals surface area contributed by atoms with Gasteiger partial charge in [-0.05, 0) is 62.2 Å². The lowest BCUT2D eigenvalue weighted by Gasteiger charge is -2.15. The second-order valence-electron chi connectivity index (χ2n) is 9.03. The fourth-order valence-electron chi connectivity index (χ4n) is 5.06. The number of aryl methyl sites for hydroxylation is 1. The quantitative estimate of drug-likeness (QED) is 0.350. The Labute approximate surface area is 202 Å². The molecule has 1 saturated heterocycles. The van der Waals surface area contributed by atoms with Crippen LogP contribution in [-0.4, -0.2) is 31.6 Å². The molecule has 6 rings (SSSR count). The molecule has 3 aromatic heterocycles. The topological polar surface area (TPSA) is 102 Å².